The third kappa shape index (κ3) is 7.29. The molecule has 6 nitrogen and oxygen atoms in total. The van der Waals surface area contributed by atoms with Gasteiger partial charge in [0.1, 0.15) is 18.5 Å². The van der Waals surface area contributed by atoms with Gasteiger partial charge in [-0.2, -0.15) is 0 Å². The van der Waals surface area contributed by atoms with Crippen LogP contribution in [0.1, 0.15) is 29.3 Å². The van der Waals surface area contributed by atoms with Gasteiger partial charge in [0, 0.05) is 36.9 Å². The summed E-state index contributed by atoms with van der Waals surface area (Å²) in [5.74, 6) is 1.52. The standard InChI is InChI=1S/C20H24ClN5OS.HI/c1-2-22-20(24-12-16(27)17-8-9-18(21)28-17)25-13-19-23-10-11-26(19)14-15-6-4-3-5-7-15;/h3-11,16,27H,2,12-14H2,1H3,(H2,22,24,25);1H. The number of nitrogens with zero attached hydrogens (tertiary/aromatic N) is 3. The molecule has 2 aromatic heterocycles. The summed E-state index contributed by atoms with van der Waals surface area (Å²) >= 11 is 7.32. The molecule has 0 aliphatic carbocycles. The Hall–Kier alpha value is -1.62. The van der Waals surface area contributed by atoms with Crippen LogP contribution >= 0.6 is 46.9 Å². The molecule has 156 valence electrons. The molecule has 29 heavy (non-hydrogen) atoms. The number of hydrogen-bond donors (Lipinski definition) is 3. The van der Waals surface area contributed by atoms with Gasteiger partial charge in [-0.05, 0) is 24.6 Å². The molecule has 3 N–H and O–H groups in total. The molecule has 0 spiro atoms. The van der Waals surface area contributed by atoms with E-state index in [-0.39, 0.29) is 24.0 Å². The van der Waals surface area contributed by atoms with Crippen LogP contribution in [0, 0.1) is 0 Å². The number of thiophene rings is 1. The minimum absolute atomic E-state index is 0. The van der Waals surface area contributed by atoms with Crippen molar-refractivity contribution < 1.29 is 5.11 Å². The van der Waals surface area contributed by atoms with E-state index in [1.54, 1.807) is 12.3 Å². The lowest BCUT2D eigenvalue weighted by Crippen LogP contribution is -2.39. The molecule has 0 radical (unpaired) electrons. The smallest absolute Gasteiger partial charge is 0.191 e. The van der Waals surface area contributed by atoms with Crippen LogP contribution in [0.25, 0.3) is 0 Å². The van der Waals surface area contributed by atoms with E-state index in [1.165, 1.54) is 16.9 Å². The number of rotatable bonds is 8. The zero-order valence-electron chi connectivity index (χ0n) is 16.1. The van der Waals surface area contributed by atoms with Gasteiger partial charge in [-0.15, -0.1) is 35.3 Å². The summed E-state index contributed by atoms with van der Waals surface area (Å²) in [7, 11) is 0. The van der Waals surface area contributed by atoms with Crippen LogP contribution in [0.5, 0.6) is 0 Å². The second kappa shape index (κ2) is 12.2. The van der Waals surface area contributed by atoms with E-state index in [2.05, 4.69) is 37.3 Å². The fraction of sp³-hybridized carbons (Fsp3) is 0.300. The number of benzene rings is 1. The Morgan fingerprint density at radius 1 is 1.24 bits per heavy atom. The lowest BCUT2D eigenvalue weighted by Gasteiger charge is -2.14. The number of guanidine groups is 1. The van der Waals surface area contributed by atoms with E-state index in [1.807, 2.05) is 37.4 Å². The number of aromatic nitrogens is 2. The summed E-state index contributed by atoms with van der Waals surface area (Å²) in [6.45, 7) is 4.28. The van der Waals surface area contributed by atoms with Crippen molar-refractivity contribution in [1.29, 1.82) is 0 Å². The highest BCUT2D eigenvalue weighted by molar-refractivity contribution is 14.0. The van der Waals surface area contributed by atoms with Crippen LogP contribution < -0.4 is 10.6 Å². The maximum Gasteiger partial charge on any atom is 0.191 e. The lowest BCUT2D eigenvalue weighted by atomic mass is 10.2. The third-order valence-electron chi connectivity index (χ3n) is 4.11. The normalized spacial score (nSPS) is 12.3. The summed E-state index contributed by atoms with van der Waals surface area (Å²) < 4.78 is 2.75. The number of aliphatic hydroxyl groups is 1. The van der Waals surface area contributed by atoms with Crippen molar-refractivity contribution in [3.63, 3.8) is 0 Å². The lowest BCUT2D eigenvalue weighted by molar-refractivity contribution is 0.184. The molecule has 3 rings (SSSR count). The molecular weight excluding hydrogens is 521 g/mol. The predicted octanol–water partition coefficient (Wildman–Crippen LogP) is 4.05. The van der Waals surface area contributed by atoms with Gasteiger partial charge in [-0.3, -0.25) is 0 Å². The Bertz CT molecular complexity index is 899. The molecule has 1 atom stereocenters. The average Bonchev–Trinajstić information content (AvgIpc) is 3.33. The SMILES string of the molecule is CCNC(=NCc1nccn1Cc1ccccc1)NCC(O)c1ccc(Cl)s1.I. The summed E-state index contributed by atoms with van der Waals surface area (Å²) in [4.78, 5) is 9.86. The number of aliphatic hydroxyl groups excluding tert-OH is 1. The number of imidazole rings is 1. The van der Waals surface area contributed by atoms with Crippen LogP contribution in [0.3, 0.4) is 0 Å². The molecule has 1 aromatic carbocycles. The second-order valence-electron chi connectivity index (χ2n) is 6.19. The fourth-order valence-corrected chi connectivity index (χ4v) is 3.76. The average molecular weight is 546 g/mol. The summed E-state index contributed by atoms with van der Waals surface area (Å²) in [6.07, 6.45) is 3.11. The van der Waals surface area contributed by atoms with Crippen molar-refractivity contribution in [2.75, 3.05) is 13.1 Å². The molecule has 3 aromatic rings. The molecule has 0 bridgehead atoms. The predicted molar refractivity (Wildman–Crippen MR) is 130 cm³/mol. The van der Waals surface area contributed by atoms with Gasteiger partial charge in [0.25, 0.3) is 0 Å². The van der Waals surface area contributed by atoms with Crippen molar-refractivity contribution in [2.24, 2.45) is 4.99 Å². The van der Waals surface area contributed by atoms with Crippen molar-refractivity contribution in [2.45, 2.75) is 26.1 Å². The Morgan fingerprint density at radius 3 is 2.72 bits per heavy atom. The van der Waals surface area contributed by atoms with Gasteiger partial charge in [0.2, 0.25) is 0 Å². The molecule has 2 heterocycles. The van der Waals surface area contributed by atoms with Crippen LogP contribution in [0.2, 0.25) is 4.34 Å². The molecular formula is C20H25ClIN5OS. The molecule has 0 fully saturated rings. The second-order valence-corrected chi connectivity index (χ2v) is 7.94. The van der Waals surface area contributed by atoms with Gasteiger partial charge in [-0.25, -0.2) is 9.98 Å². The topological polar surface area (TPSA) is 74.5 Å². The number of aliphatic imine (C=N–C) groups is 1. The quantitative estimate of drug-likeness (QED) is 0.227. The Kier molecular flexibility index (Phi) is 9.92. The van der Waals surface area contributed by atoms with Crippen molar-refractivity contribution in [3.05, 3.63) is 75.5 Å². The van der Waals surface area contributed by atoms with Crippen LogP contribution in [-0.2, 0) is 13.1 Å². The first-order valence-corrected chi connectivity index (χ1v) is 10.3. The van der Waals surface area contributed by atoms with Crippen LogP contribution in [0.4, 0.5) is 0 Å². The monoisotopic (exact) mass is 545 g/mol. The molecule has 0 saturated carbocycles. The molecule has 0 aliphatic rings. The summed E-state index contributed by atoms with van der Waals surface area (Å²) in [6, 6.07) is 13.9. The first kappa shape index (κ1) is 23.7. The van der Waals surface area contributed by atoms with E-state index < -0.39 is 6.10 Å². The molecule has 0 aliphatic heterocycles. The number of halogens is 2. The van der Waals surface area contributed by atoms with Gasteiger partial charge < -0.3 is 20.3 Å². The fourth-order valence-electron chi connectivity index (χ4n) is 2.71. The molecule has 0 saturated heterocycles. The van der Waals surface area contributed by atoms with E-state index in [4.69, 9.17) is 11.6 Å². The zero-order valence-corrected chi connectivity index (χ0v) is 20.0. The van der Waals surface area contributed by atoms with Crippen molar-refractivity contribution >= 4 is 52.9 Å². The van der Waals surface area contributed by atoms with Crippen molar-refractivity contribution in [3.8, 4) is 0 Å². The minimum Gasteiger partial charge on any atom is -0.386 e. The van der Waals surface area contributed by atoms with E-state index in [0.717, 1.165) is 23.8 Å². The third-order valence-corrected chi connectivity index (χ3v) is 5.44. The van der Waals surface area contributed by atoms with Gasteiger partial charge in [0.15, 0.2) is 5.96 Å². The number of nitrogens with one attached hydrogen (secondary N) is 2. The summed E-state index contributed by atoms with van der Waals surface area (Å²) in [5, 5.41) is 16.7. The maximum absolute atomic E-state index is 10.3. The van der Waals surface area contributed by atoms with E-state index in [0.29, 0.717) is 23.4 Å². The van der Waals surface area contributed by atoms with E-state index in [9.17, 15) is 5.11 Å². The Labute approximate surface area is 197 Å². The highest BCUT2D eigenvalue weighted by Crippen LogP contribution is 2.26. The first-order valence-electron chi connectivity index (χ1n) is 9.15. The van der Waals surface area contributed by atoms with Gasteiger partial charge in [0.05, 0.1) is 4.34 Å². The molecule has 0 amide bonds. The minimum atomic E-state index is -0.638. The van der Waals surface area contributed by atoms with Crippen LogP contribution in [0.15, 0.2) is 59.9 Å². The van der Waals surface area contributed by atoms with E-state index >= 15 is 0 Å². The largest absolute Gasteiger partial charge is 0.386 e. The Balaban J connectivity index is 0.00000300. The Morgan fingerprint density at radius 2 is 2.03 bits per heavy atom. The maximum atomic E-state index is 10.3. The highest BCUT2D eigenvalue weighted by Gasteiger charge is 2.11. The van der Waals surface area contributed by atoms with Crippen LogP contribution in [-0.4, -0.2) is 33.7 Å². The van der Waals surface area contributed by atoms with Crippen molar-refractivity contribution in [1.82, 2.24) is 20.2 Å². The first-order chi connectivity index (χ1) is 13.7. The highest BCUT2D eigenvalue weighted by atomic mass is 127. The number of hydrogen-bond acceptors (Lipinski definition) is 4. The summed E-state index contributed by atoms with van der Waals surface area (Å²) in [5.41, 5.74) is 1.22. The molecule has 1 unspecified atom stereocenters. The van der Waals surface area contributed by atoms with Gasteiger partial charge in [-0.1, -0.05) is 41.9 Å². The molecule has 9 heteroatoms. The van der Waals surface area contributed by atoms with Gasteiger partial charge >= 0.3 is 0 Å². The zero-order chi connectivity index (χ0) is 19.8.